The van der Waals surface area contributed by atoms with Crippen molar-refractivity contribution in [1.29, 1.82) is 0 Å². The molecular weight excluding hydrogens is 302 g/mol. The molecule has 0 aromatic carbocycles. The van der Waals surface area contributed by atoms with Crippen LogP contribution in [0.4, 0.5) is 0 Å². The number of hydrogen-bond donors (Lipinski definition) is 1. The second-order valence-electron chi connectivity index (χ2n) is 6.37. The summed E-state index contributed by atoms with van der Waals surface area (Å²) in [6.45, 7) is 6.79. The van der Waals surface area contributed by atoms with Crippen molar-refractivity contribution >= 4 is 23.7 Å². The molecule has 5 heteroatoms. The summed E-state index contributed by atoms with van der Waals surface area (Å²) in [5.74, 6) is 0. The predicted octanol–water partition coefficient (Wildman–Crippen LogP) is 3.63. The van der Waals surface area contributed by atoms with Crippen LogP contribution in [0.25, 0.3) is 0 Å². The Morgan fingerprint density at radius 2 is 2.14 bits per heavy atom. The van der Waals surface area contributed by atoms with E-state index in [2.05, 4.69) is 22.5 Å². The first-order valence-corrected chi connectivity index (χ1v) is 9.09. The number of thiazole rings is 1. The third kappa shape index (κ3) is 3.98. The molecule has 1 N–H and O–H groups in total. The lowest BCUT2D eigenvalue weighted by atomic mass is 9.79. The Morgan fingerprint density at radius 1 is 1.33 bits per heavy atom. The van der Waals surface area contributed by atoms with Crippen LogP contribution in [-0.4, -0.2) is 35.1 Å². The summed E-state index contributed by atoms with van der Waals surface area (Å²) in [5.41, 5.74) is 1.72. The third-order valence-electron chi connectivity index (χ3n) is 4.90. The van der Waals surface area contributed by atoms with Crippen molar-refractivity contribution in [2.45, 2.75) is 64.0 Å². The van der Waals surface area contributed by atoms with Crippen LogP contribution in [0.5, 0.6) is 0 Å². The molecule has 3 nitrogen and oxygen atoms in total. The van der Waals surface area contributed by atoms with E-state index in [1.54, 1.807) is 0 Å². The van der Waals surface area contributed by atoms with Crippen LogP contribution in [0.1, 0.15) is 56.2 Å². The Morgan fingerprint density at radius 3 is 2.90 bits per heavy atom. The minimum Gasteiger partial charge on any atom is -0.314 e. The van der Waals surface area contributed by atoms with Crippen LogP contribution < -0.4 is 5.32 Å². The summed E-state index contributed by atoms with van der Waals surface area (Å²) in [4.78, 5) is 7.56. The van der Waals surface area contributed by atoms with E-state index in [1.165, 1.54) is 62.3 Å². The monoisotopic (exact) mass is 329 g/mol. The molecular formula is C16H28ClN3S. The topological polar surface area (TPSA) is 28.2 Å². The van der Waals surface area contributed by atoms with Crippen LogP contribution in [-0.2, 0) is 13.0 Å². The molecule has 1 saturated heterocycles. The Kier molecular flexibility index (Phi) is 6.48. The van der Waals surface area contributed by atoms with E-state index < -0.39 is 0 Å². The molecule has 1 aliphatic carbocycles. The Hall–Kier alpha value is -0.160. The fraction of sp³-hybridized carbons (Fsp3) is 0.812. The van der Waals surface area contributed by atoms with E-state index >= 15 is 0 Å². The number of rotatable bonds is 4. The summed E-state index contributed by atoms with van der Waals surface area (Å²) >= 11 is 1.86. The van der Waals surface area contributed by atoms with Gasteiger partial charge >= 0.3 is 0 Å². The van der Waals surface area contributed by atoms with Gasteiger partial charge in [0.05, 0.1) is 12.2 Å². The predicted molar refractivity (Wildman–Crippen MR) is 92.5 cm³/mol. The zero-order valence-corrected chi connectivity index (χ0v) is 14.7. The Bertz CT molecular complexity index is 421. The molecule has 3 rings (SSSR count). The number of hydrogen-bond acceptors (Lipinski definition) is 4. The SMILES string of the molecule is CCCc1csc(CN2CCNCC23CCCCC3)n1.Cl. The van der Waals surface area contributed by atoms with E-state index in [0.717, 1.165) is 19.5 Å². The maximum atomic E-state index is 4.83. The van der Waals surface area contributed by atoms with Crippen LogP contribution in [0.2, 0.25) is 0 Å². The standard InChI is InChI=1S/C16H27N3S.ClH/c1-2-6-14-12-20-15(18-14)11-19-10-9-17-13-16(19)7-4-3-5-8-16;/h12,17H,2-11,13H2,1H3;1H. The van der Waals surface area contributed by atoms with Crippen molar-refractivity contribution in [2.75, 3.05) is 19.6 Å². The van der Waals surface area contributed by atoms with Gasteiger partial charge in [-0.25, -0.2) is 4.98 Å². The number of nitrogens with zero attached hydrogens (tertiary/aromatic N) is 2. The van der Waals surface area contributed by atoms with Crippen LogP contribution in [0.15, 0.2) is 5.38 Å². The lowest BCUT2D eigenvalue weighted by Gasteiger charge is -2.49. The molecule has 1 spiro atoms. The number of aromatic nitrogens is 1. The fourth-order valence-electron chi connectivity index (χ4n) is 3.79. The average molecular weight is 330 g/mol. The summed E-state index contributed by atoms with van der Waals surface area (Å²) in [6.07, 6.45) is 9.28. The largest absolute Gasteiger partial charge is 0.314 e. The number of halogens is 1. The highest BCUT2D eigenvalue weighted by Gasteiger charge is 2.39. The molecule has 1 saturated carbocycles. The first kappa shape index (κ1) is 17.2. The van der Waals surface area contributed by atoms with E-state index in [-0.39, 0.29) is 12.4 Å². The molecule has 120 valence electrons. The fourth-order valence-corrected chi connectivity index (χ4v) is 4.63. The molecule has 1 aromatic rings. The van der Waals surface area contributed by atoms with Gasteiger partial charge in [-0.05, 0) is 19.3 Å². The van der Waals surface area contributed by atoms with Crippen molar-refractivity contribution < 1.29 is 0 Å². The van der Waals surface area contributed by atoms with Gasteiger partial charge in [-0.1, -0.05) is 32.6 Å². The second-order valence-corrected chi connectivity index (χ2v) is 7.31. The van der Waals surface area contributed by atoms with Gasteiger partial charge in [-0.2, -0.15) is 0 Å². The second kappa shape index (κ2) is 7.91. The van der Waals surface area contributed by atoms with Gasteiger partial charge in [0.1, 0.15) is 5.01 Å². The first-order valence-electron chi connectivity index (χ1n) is 8.21. The van der Waals surface area contributed by atoms with Gasteiger partial charge in [-0.3, -0.25) is 4.90 Å². The smallest absolute Gasteiger partial charge is 0.107 e. The molecule has 1 aliphatic heterocycles. The van der Waals surface area contributed by atoms with Crippen molar-refractivity contribution in [2.24, 2.45) is 0 Å². The summed E-state index contributed by atoms with van der Waals surface area (Å²) in [7, 11) is 0. The van der Waals surface area contributed by atoms with Crippen LogP contribution >= 0.6 is 23.7 Å². The van der Waals surface area contributed by atoms with Crippen molar-refractivity contribution in [3.8, 4) is 0 Å². The lowest BCUT2D eigenvalue weighted by molar-refractivity contribution is 0.0208. The average Bonchev–Trinajstić information content (AvgIpc) is 2.91. The lowest BCUT2D eigenvalue weighted by Crippen LogP contribution is -2.61. The number of nitrogens with one attached hydrogen (secondary N) is 1. The van der Waals surface area contributed by atoms with E-state index in [0.29, 0.717) is 5.54 Å². The molecule has 0 radical (unpaired) electrons. The van der Waals surface area contributed by atoms with E-state index in [4.69, 9.17) is 4.98 Å². The van der Waals surface area contributed by atoms with E-state index in [1.807, 2.05) is 11.3 Å². The minimum absolute atomic E-state index is 0. The normalized spacial score (nSPS) is 22.1. The van der Waals surface area contributed by atoms with E-state index in [9.17, 15) is 0 Å². The molecule has 0 unspecified atom stereocenters. The highest BCUT2D eigenvalue weighted by atomic mass is 35.5. The summed E-state index contributed by atoms with van der Waals surface area (Å²) in [5, 5.41) is 7.21. The molecule has 2 aliphatic rings. The van der Waals surface area contributed by atoms with Gasteiger partial charge in [0, 0.05) is 30.6 Å². The zero-order valence-electron chi connectivity index (χ0n) is 13.1. The Labute approximate surface area is 138 Å². The van der Waals surface area contributed by atoms with Crippen molar-refractivity contribution in [3.63, 3.8) is 0 Å². The van der Waals surface area contributed by atoms with Crippen LogP contribution in [0, 0.1) is 0 Å². The van der Waals surface area contributed by atoms with Crippen molar-refractivity contribution in [3.05, 3.63) is 16.1 Å². The quantitative estimate of drug-likeness (QED) is 0.914. The molecule has 1 aromatic heterocycles. The molecule has 0 atom stereocenters. The highest BCUT2D eigenvalue weighted by Crippen LogP contribution is 2.35. The number of piperazine rings is 1. The maximum Gasteiger partial charge on any atom is 0.107 e. The first-order chi connectivity index (χ1) is 9.82. The summed E-state index contributed by atoms with van der Waals surface area (Å²) in [6, 6.07) is 0. The number of aryl methyl sites for hydroxylation is 1. The molecule has 21 heavy (non-hydrogen) atoms. The minimum atomic E-state index is 0. The van der Waals surface area contributed by atoms with Gasteiger partial charge in [0.25, 0.3) is 0 Å². The zero-order chi connectivity index (χ0) is 13.8. The van der Waals surface area contributed by atoms with Gasteiger partial charge in [0.2, 0.25) is 0 Å². The molecule has 0 amide bonds. The molecule has 0 bridgehead atoms. The van der Waals surface area contributed by atoms with Gasteiger partial charge < -0.3 is 5.32 Å². The van der Waals surface area contributed by atoms with Gasteiger partial charge in [0.15, 0.2) is 0 Å². The van der Waals surface area contributed by atoms with Gasteiger partial charge in [-0.15, -0.1) is 23.7 Å². The van der Waals surface area contributed by atoms with Crippen molar-refractivity contribution in [1.82, 2.24) is 15.2 Å². The maximum absolute atomic E-state index is 4.83. The molecule has 2 heterocycles. The third-order valence-corrected chi connectivity index (χ3v) is 5.78. The summed E-state index contributed by atoms with van der Waals surface area (Å²) < 4.78 is 0. The molecule has 2 fully saturated rings. The highest BCUT2D eigenvalue weighted by molar-refractivity contribution is 7.09. The Balaban J connectivity index is 0.00000161. The van der Waals surface area contributed by atoms with Crippen LogP contribution in [0.3, 0.4) is 0 Å².